The van der Waals surface area contributed by atoms with E-state index in [2.05, 4.69) is 12.2 Å². The SMILES string of the molecule is CCCCc1cc(=O)oc2cc(C)cc(OC(=O)C(NC(=O)OC(C)(C)C)C(C)CC)c12. The Morgan fingerprint density at radius 1 is 1.16 bits per heavy atom. The molecule has 176 valence electrons. The lowest BCUT2D eigenvalue weighted by Crippen LogP contribution is -2.48. The Morgan fingerprint density at radius 2 is 1.84 bits per heavy atom. The molecule has 1 N–H and O–H groups in total. The smallest absolute Gasteiger partial charge is 0.408 e. The number of ether oxygens (including phenoxy) is 2. The lowest BCUT2D eigenvalue weighted by molar-refractivity contribution is -0.138. The number of benzene rings is 1. The maximum absolute atomic E-state index is 13.2. The van der Waals surface area contributed by atoms with Crippen LogP contribution in [0.5, 0.6) is 5.75 Å². The van der Waals surface area contributed by atoms with Crippen molar-refractivity contribution in [1.82, 2.24) is 5.32 Å². The van der Waals surface area contributed by atoms with Crippen LogP contribution < -0.4 is 15.7 Å². The molecule has 0 radical (unpaired) electrons. The third-order valence-electron chi connectivity index (χ3n) is 5.18. The van der Waals surface area contributed by atoms with Crippen LogP contribution in [-0.4, -0.2) is 23.7 Å². The molecule has 2 unspecified atom stereocenters. The first-order chi connectivity index (χ1) is 14.9. The van der Waals surface area contributed by atoms with Crippen LogP contribution in [0.2, 0.25) is 0 Å². The van der Waals surface area contributed by atoms with E-state index in [9.17, 15) is 14.4 Å². The second-order valence-corrected chi connectivity index (χ2v) is 9.26. The van der Waals surface area contributed by atoms with Crippen molar-refractivity contribution in [2.75, 3.05) is 0 Å². The molecule has 7 heteroatoms. The molecule has 32 heavy (non-hydrogen) atoms. The molecule has 1 aromatic heterocycles. The van der Waals surface area contributed by atoms with Gasteiger partial charge in [0.25, 0.3) is 0 Å². The minimum atomic E-state index is -0.889. The largest absolute Gasteiger partial charge is 0.444 e. The van der Waals surface area contributed by atoms with Crippen molar-refractivity contribution in [3.8, 4) is 5.75 Å². The van der Waals surface area contributed by atoms with Crippen molar-refractivity contribution >= 4 is 23.0 Å². The lowest BCUT2D eigenvalue weighted by Gasteiger charge is -2.26. The molecular formula is C25H35NO6. The van der Waals surface area contributed by atoms with E-state index in [1.165, 1.54) is 6.07 Å². The third-order valence-corrected chi connectivity index (χ3v) is 5.18. The lowest BCUT2D eigenvalue weighted by atomic mass is 9.99. The molecule has 2 atom stereocenters. The molecule has 1 aromatic carbocycles. The molecule has 0 aliphatic heterocycles. The van der Waals surface area contributed by atoms with Crippen LogP contribution in [-0.2, 0) is 16.0 Å². The van der Waals surface area contributed by atoms with Crippen LogP contribution in [0, 0.1) is 12.8 Å². The van der Waals surface area contributed by atoms with E-state index in [-0.39, 0.29) is 5.92 Å². The fourth-order valence-corrected chi connectivity index (χ4v) is 3.39. The first kappa shape index (κ1) is 25.4. The van der Waals surface area contributed by atoms with Gasteiger partial charge in [-0.15, -0.1) is 0 Å². The Balaban J connectivity index is 2.43. The first-order valence-corrected chi connectivity index (χ1v) is 11.2. The van der Waals surface area contributed by atoms with Crippen molar-refractivity contribution in [2.24, 2.45) is 5.92 Å². The molecule has 2 aromatic rings. The van der Waals surface area contributed by atoms with Gasteiger partial charge in [0.1, 0.15) is 23.0 Å². The number of rotatable bonds is 8. The second kappa shape index (κ2) is 10.7. The fourth-order valence-electron chi connectivity index (χ4n) is 3.39. The van der Waals surface area contributed by atoms with Gasteiger partial charge in [-0.3, -0.25) is 0 Å². The minimum absolute atomic E-state index is 0.177. The normalized spacial score (nSPS) is 13.5. The molecule has 0 aliphatic carbocycles. The average molecular weight is 446 g/mol. The van der Waals surface area contributed by atoms with Crippen molar-refractivity contribution in [1.29, 1.82) is 0 Å². The Labute approximate surface area is 189 Å². The fraction of sp³-hybridized carbons (Fsp3) is 0.560. The molecule has 0 spiro atoms. The second-order valence-electron chi connectivity index (χ2n) is 9.26. The molecule has 1 amide bonds. The highest BCUT2D eigenvalue weighted by Crippen LogP contribution is 2.31. The Morgan fingerprint density at radius 3 is 2.44 bits per heavy atom. The zero-order valence-electron chi connectivity index (χ0n) is 20.2. The molecule has 0 aliphatic rings. The summed E-state index contributed by atoms with van der Waals surface area (Å²) in [6.07, 6.45) is 2.48. The van der Waals surface area contributed by atoms with Crippen molar-refractivity contribution < 1.29 is 23.5 Å². The summed E-state index contributed by atoms with van der Waals surface area (Å²) in [5.41, 5.74) is 0.825. The number of nitrogens with one attached hydrogen (secondary N) is 1. The van der Waals surface area contributed by atoms with Gasteiger partial charge < -0.3 is 19.2 Å². The number of amides is 1. The van der Waals surface area contributed by atoms with Crippen LogP contribution in [0.15, 0.2) is 27.4 Å². The van der Waals surface area contributed by atoms with Crippen LogP contribution in [0.25, 0.3) is 11.0 Å². The van der Waals surface area contributed by atoms with E-state index in [0.29, 0.717) is 29.6 Å². The summed E-state index contributed by atoms with van der Waals surface area (Å²) in [5.74, 6) is -0.451. The van der Waals surface area contributed by atoms with Crippen molar-refractivity contribution in [3.63, 3.8) is 0 Å². The Kier molecular flexibility index (Phi) is 8.47. The summed E-state index contributed by atoms with van der Waals surface area (Å²) in [6, 6.07) is 4.07. The number of fused-ring (bicyclic) bond motifs is 1. The molecule has 0 bridgehead atoms. The van der Waals surface area contributed by atoms with Gasteiger partial charge in [-0.1, -0.05) is 33.6 Å². The summed E-state index contributed by atoms with van der Waals surface area (Å²) in [4.78, 5) is 37.6. The molecule has 1 heterocycles. The number of carbonyl (C=O) groups is 2. The number of unbranched alkanes of at least 4 members (excludes halogenated alkanes) is 1. The Hall–Kier alpha value is -2.83. The highest BCUT2D eigenvalue weighted by atomic mass is 16.6. The van der Waals surface area contributed by atoms with Gasteiger partial charge in [0.2, 0.25) is 0 Å². The van der Waals surface area contributed by atoms with Gasteiger partial charge in [0.05, 0.1) is 5.39 Å². The van der Waals surface area contributed by atoms with E-state index < -0.39 is 29.3 Å². The number of aryl methyl sites for hydroxylation is 2. The van der Waals surface area contributed by atoms with E-state index in [0.717, 1.165) is 24.0 Å². The quantitative estimate of drug-likeness (QED) is 0.337. The molecule has 7 nitrogen and oxygen atoms in total. The zero-order chi connectivity index (χ0) is 24.1. The number of alkyl carbamates (subject to hydrolysis) is 1. The minimum Gasteiger partial charge on any atom is -0.444 e. The maximum Gasteiger partial charge on any atom is 0.408 e. The summed E-state index contributed by atoms with van der Waals surface area (Å²) < 4.78 is 16.5. The number of carbonyl (C=O) groups excluding carboxylic acids is 2. The summed E-state index contributed by atoms with van der Waals surface area (Å²) >= 11 is 0. The predicted octanol–water partition coefficient (Wildman–Crippen LogP) is 5.29. The predicted molar refractivity (Wildman–Crippen MR) is 124 cm³/mol. The summed E-state index contributed by atoms with van der Waals surface area (Å²) in [5, 5.41) is 3.26. The highest BCUT2D eigenvalue weighted by molar-refractivity contribution is 5.91. The molecule has 0 saturated heterocycles. The van der Waals surface area contributed by atoms with E-state index in [1.54, 1.807) is 32.9 Å². The molecule has 0 saturated carbocycles. The third kappa shape index (κ3) is 6.84. The van der Waals surface area contributed by atoms with Crippen molar-refractivity contribution in [2.45, 2.75) is 85.8 Å². The topological polar surface area (TPSA) is 94.8 Å². The number of esters is 1. The first-order valence-electron chi connectivity index (χ1n) is 11.2. The van der Waals surface area contributed by atoms with E-state index >= 15 is 0 Å². The average Bonchev–Trinajstić information content (AvgIpc) is 2.67. The molecule has 2 rings (SSSR count). The van der Waals surface area contributed by atoms with Gasteiger partial charge in [0.15, 0.2) is 0 Å². The molecular weight excluding hydrogens is 410 g/mol. The van der Waals surface area contributed by atoms with Gasteiger partial charge in [-0.2, -0.15) is 0 Å². The summed E-state index contributed by atoms with van der Waals surface area (Å²) in [6.45, 7) is 13.0. The Bertz CT molecular complexity index is 1020. The van der Waals surface area contributed by atoms with Crippen molar-refractivity contribution in [3.05, 3.63) is 39.7 Å². The monoisotopic (exact) mass is 445 g/mol. The van der Waals surface area contributed by atoms with Gasteiger partial charge >= 0.3 is 17.7 Å². The van der Waals surface area contributed by atoms with E-state index in [1.807, 2.05) is 20.8 Å². The zero-order valence-corrected chi connectivity index (χ0v) is 20.2. The number of hydrogen-bond acceptors (Lipinski definition) is 6. The molecule has 0 fully saturated rings. The maximum atomic E-state index is 13.2. The highest BCUT2D eigenvalue weighted by Gasteiger charge is 2.30. The van der Waals surface area contributed by atoms with Crippen LogP contribution in [0.3, 0.4) is 0 Å². The van der Waals surface area contributed by atoms with Gasteiger partial charge in [-0.05, 0) is 69.7 Å². The summed E-state index contributed by atoms with van der Waals surface area (Å²) in [7, 11) is 0. The van der Waals surface area contributed by atoms with Crippen LogP contribution >= 0.6 is 0 Å². The van der Waals surface area contributed by atoms with Gasteiger partial charge in [-0.25, -0.2) is 14.4 Å². The van der Waals surface area contributed by atoms with Crippen LogP contribution in [0.1, 0.15) is 71.9 Å². The number of hydrogen-bond donors (Lipinski definition) is 1. The van der Waals surface area contributed by atoms with Gasteiger partial charge in [0, 0.05) is 6.07 Å². The standard InChI is InChI=1S/C25H35NO6/c1-8-10-11-17-14-20(27)30-18-12-15(3)13-19(21(17)18)31-23(28)22(16(4)9-2)26-24(29)32-25(5,6)7/h12-14,16,22H,8-11H2,1-7H3,(H,26,29). The van der Waals surface area contributed by atoms with E-state index in [4.69, 9.17) is 13.9 Å². The van der Waals surface area contributed by atoms with Crippen LogP contribution in [0.4, 0.5) is 4.79 Å².